The number of amides is 1. The Morgan fingerprint density at radius 3 is 2.60 bits per heavy atom. The van der Waals surface area contributed by atoms with Crippen molar-refractivity contribution in [1.82, 2.24) is 9.55 Å². The van der Waals surface area contributed by atoms with Crippen molar-refractivity contribution < 1.29 is 4.79 Å². The fourth-order valence-corrected chi connectivity index (χ4v) is 3.73. The lowest BCUT2D eigenvalue weighted by Gasteiger charge is -2.26. The molecule has 1 aromatic heterocycles. The molecule has 1 N–H and O–H groups in total. The van der Waals surface area contributed by atoms with Crippen LogP contribution >= 0.6 is 11.8 Å². The highest BCUT2D eigenvalue weighted by molar-refractivity contribution is 7.99. The Bertz CT molecular complexity index is 850. The highest BCUT2D eigenvalue weighted by atomic mass is 32.2. The molecule has 0 fully saturated rings. The first-order chi connectivity index (χ1) is 11.7. The number of benzene rings is 1. The Labute approximate surface area is 151 Å². The molecule has 0 bridgehead atoms. The molecule has 0 saturated carbocycles. The summed E-state index contributed by atoms with van der Waals surface area (Å²) in [6.45, 7) is 8.49. The van der Waals surface area contributed by atoms with Crippen molar-refractivity contribution in [2.45, 2.75) is 44.8 Å². The van der Waals surface area contributed by atoms with Gasteiger partial charge in [0.1, 0.15) is 0 Å². The Morgan fingerprint density at radius 1 is 1.28 bits per heavy atom. The van der Waals surface area contributed by atoms with Crippen molar-refractivity contribution in [3.8, 4) is 0 Å². The Balaban J connectivity index is 1.78. The van der Waals surface area contributed by atoms with Crippen LogP contribution in [0.15, 0.2) is 40.3 Å². The molecule has 1 aliphatic heterocycles. The SMILES string of the molecule is Cc1ccc(NC(=O)C2CSc3nc(C(C)(C)C)cc(=O)n3C2)cc1. The molecular weight excluding hydrogens is 334 g/mol. The van der Waals surface area contributed by atoms with E-state index in [1.165, 1.54) is 11.8 Å². The summed E-state index contributed by atoms with van der Waals surface area (Å²) in [7, 11) is 0. The summed E-state index contributed by atoms with van der Waals surface area (Å²) < 4.78 is 1.61. The van der Waals surface area contributed by atoms with E-state index in [0.29, 0.717) is 17.5 Å². The first kappa shape index (κ1) is 17.7. The number of aromatic nitrogens is 2. The minimum Gasteiger partial charge on any atom is -0.326 e. The summed E-state index contributed by atoms with van der Waals surface area (Å²) in [5.74, 6) is 0.310. The van der Waals surface area contributed by atoms with E-state index in [0.717, 1.165) is 16.9 Å². The van der Waals surface area contributed by atoms with Crippen LogP contribution in [0.25, 0.3) is 0 Å². The maximum Gasteiger partial charge on any atom is 0.254 e. The summed E-state index contributed by atoms with van der Waals surface area (Å²) >= 11 is 1.47. The maximum absolute atomic E-state index is 12.5. The normalized spacial score (nSPS) is 17.0. The van der Waals surface area contributed by atoms with Crippen molar-refractivity contribution in [1.29, 1.82) is 0 Å². The molecule has 1 atom stereocenters. The fraction of sp³-hybridized carbons (Fsp3) is 0.421. The number of hydrogen-bond donors (Lipinski definition) is 1. The standard InChI is InChI=1S/C19H23N3O2S/c1-12-5-7-14(8-6-12)20-17(24)13-10-22-16(23)9-15(19(2,3)4)21-18(22)25-11-13/h5-9,13H,10-11H2,1-4H3,(H,20,24). The monoisotopic (exact) mass is 357 g/mol. The second-order valence-corrected chi connectivity index (χ2v) is 8.47. The molecule has 6 heteroatoms. The van der Waals surface area contributed by atoms with Crippen molar-refractivity contribution in [3.63, 3.8) is 0 Å². The number of carbonyl (C=O) groups is 1. The number of rotatable bonds is 2. The molecule has 0 spiro atoms. The Kier molecular flexibility index (Phi) is 4.73. The summed E-state index contributed by atoms with van der Waals surface area (Å²) in [6, 6.07) is 9.29. The smallest absolute Gasteiger partial charge is 0.254 e. The first-order valence-electron chi connectivity index (χ1n) is 8.37. The van der Waals surface area contributed by atoms with Gasteiger partial charge in [-0.15, -0.1) is 0 Å². The van der Waals surface area contributed by atoms with E-state index in [9.17, 15) is 9.59 Å². The predicted molar refractivity (Wildman–Crippen MR) is 101 cm³/mol. The molecular formula is C19H23N3O2S. The number of thioether (sulfide) groups is 1. The van der Waals surface area contributed by atoms with Crippen LogP contribution in [0.3, 0.4) is 0 Å². The molecule has 3 rings (SSSR count). The van der Waals surface area contributed by atoms with Gasteiger partial charge in [-0.05, 0) is 19.1 Å². The van der Waals surface area contributed by atoms with Gasteiger partial charge < -0.3 is 5.32 Å². The van der Waals surface area contributed by atoms with E-state index in [1.807, 2.05) is 52.0 Å². The van der Waals surface area contributed by atoms with Crippen molar-refractivity contribution in [2.75, 3.05) is 11.1 Å². The lowest BCUT2D eigenvalue weighted by Crippen LogP contribution is -2.37. The van der Waals surface area contributed by atoms with Gasteiger partial charge in [0.05, 0.1) is 11.6 Å². The molecule has 1 amide bonds. The zero-order valence-electron chi connectivity index (χ0n) is 15.0. The Hall–Kier alpha value is -2.08. The van der Waals surface area contributed by atoms with E-state index in [-0.39, 0.29) is 22.8 Å². The third kappa shape index (κ3) is 3.95. The van der Waals surface area contributed by atoms with Gasteiger partial charge in [0.25, 0.3) is 5.56 Å². The topological polar surface area (TPSA) is 64.0 Å². The van der Waals surface area contributed by atoms with Crippen LogP contribution in [0.1, 0.15) is 32.0 Å². The fourth-order valence-electron chi connectivity index (χ4n) is 2.64. The second-order valence-electron chi connectivity index (χ2n) is 7.49. The van der Waals surface area contributed by atoms with E-state index >= 15 is 0 Å². The maximum atomic E-state index is 12.5. The van der Waals surface area contributed by atoms with Crippen LogP contribution in [0, 0.1) is 12.8 Å². The average molecular weight is 357 g/mol. The molecule has 1 unspecified atom stereocenters. The van der Waals surface area contributed by atoms with Gasteiger partial charge >= 0.3 is 0 Å². The van der Waals surface area contributed by atoms with Crippen LogP contribution in [0.5, 0.6) is 0 Å². The van der Waals surface area contributed by atoms with Crippen LogP contribution in [0.4, 0.5) is 5.69 Å². The van der Waals surface area contributed by atoms with E-state index < -0.39 is 0 Å². The van der Waals surface area contributed by atoms with Crippen LogP contribution in [-0.2, 0) is 16.8 Å². The summed E-state index contributed by atoms with van der Waals surface area (Å²) in [5, 5.41) is 3.64. The average Bonchev–Trinajstić information content (AvgIpc) is 2.55. The lowest BCUT2D eigenvalue weighted by molar-refractivity contribution is -0.119. The highest BCUT2D eigenvalue weighted by Gasteiger charge is 2.28. The van der Waals surface area contributed by atoms with Crippen molar-refractivity contribution >= 4 is 23.4 Å². The van der Waals surface area contributed by atoms with Gasteiger partial charge in [-0.2, -0.15) is 0 Å². The molecule has 0 saturated heterocycles. The second kappa shape index (κ2) is 6.67. The van der Waals surface area contributed by atoms with Gasteiger partial charge in [0, 0.05) is 29.5 Å². The number of nitrogens with one attached hydrogen (secondary N) is 1. The van der Waals surface area contributed by atoms with Gasteiger partial charge in [-0.1, -0.05) is 50.2 Å². The largest absolute Gasteiger partial charge is 0.326 e. The van der Waals surface area contributed by atoms with Crippen LogP contribution in [-0.4, -0.2) is 21.2 Å². The number of anilines is 1. The molecule has 0 aliphatic carbocycles. The van der Waals surface area contributed by atoms with E-state index in [1.54, 1.807) is 10.6 Å². The molecule has 0 radical (unpaired) electrons. The van der Waals surface area contributed by atoms with Gasteiger partial charge in [0.15, 0.2) is 5.16 Å². The minimum atomic E-state index is -0.251. The molecule has 1 aromatic carbocycles. The zero-order chi connectivity index (χ0) is 18.2. The number of nitrogens with zero attached hydrogens (tertiary/aromatic N) is 2. The van der Waals surface area contributed by atoms with Crippen molar-refractivity contribution in [3.05, 3.63) is 51.9 Å². The Morgan fingerprint density at radius 2 is 1.96 bits per heavy atom. The number of hydrogen-bond acceptors (Lipinski definition) is 4. The van der Waals surface area contributed by atoms with E-state index in [2.05, 4.69) is 10.3 Å². The van der Waals surface area contributed by atoms with Gasteiger partial charge in [-0.25, -0.2) is 4.98 Å². The number of carbonyl (C=O) groups excluding carboxylic acids is 1. The van der Waals surface area contributed by atoms with E-state index in [4.69, 9.17) is 0 Å². The quantitative estimate of drug-likeness (QED) is 0.838. The van der Waals surface area contributed by atoms with Crippen LogP contribution < -0.4 is 10.9 Å². The minimum absolute atomic E-state index is 0.0613. The summed E-state index contributed by atoms with van der Waals surface area (Å²) in [5.41, 5.74) is 2.45. The van der Waals surface area contributed by atoms with Crippen LogP contribution in [0.2, 0.25) is 0 Å². The van der Waals surface area contributed by atoms with Gasteiger partial charge in [0.2, 0.25) is 5.91 Å². The molecule has 1 aliphatic rings. The highest BCUT2D eigenvalue weighted by Crippen LogP contribution is 2.28. The lowest BCUT2D eigenvalue weighted by atomic mass is 9.92. The molecule has 5 nitrogen and oxygen atoms in total. The molecule has 25 heavy (non-hydrogen) atoms. The number of aryl methyl sites for hydroxylation is 1. The third-order valence-corrected chi connectivity index (χ3v) is 5.39. The molecule has 132 valence electrons. The summed E-state index contributed by atoms with van der Waals surface area (Å²) in [4.78, 5) is 29.6. The number of fused-ring (bicyclic) bond motifs is 1. The first-order valence-corrected chi connectivity index (χ1v) is 9.35. The molecule has 2 heterocycles. The summed E-state index contributed by atoms with van der Waals surface area (Å²) in [6.07, 6.45) is 0. The van der Waals surface area contributed by atoms with Crippen molar-refractivity contribution in [2.24, 2.45) is 5.92 Å². The predicted octanol–water partition coefficient (Wildman–Crippen LogP) is 3.21. The van der Waals surface area contributed by atoms with Gasteiger partial charge in [-0.3, -0.25) is 14.2 Å². The molecule has 2 aromatic rings. The zero-order valence-corrected chi connectivity index (χ0v) is 15.8. The third-order valence-electron chi connectivity index (χ3n) is 4.25.